The average Bonchev–Trinajstić information content (AvgIpc) is 3.05. The first-order chi connectivity index (χ1) is 13.6. The van der Waals surface area contributed by atoms with Crippen LogP contribution >= 0.6 is 0 Å². The molecule has 0 aliphatic carbocycles. The van der Waals surface area contributed by atoms with Gasteiger partial charge in [-0.25, -0.2) is 18.1 Å². The summed E-state index contributed by atoms with van der Waals surface area (Å²) in [7, 11) is -3.58. The van der Waals surface area contributed by atoms with E-state index in [0.717, 1.165) is 28.8 Å². The number of nitriles is 1. The van der Waals surface area contributed by atoms with Crippen LogP contribution in [0.4, 0.5) is 19.0 Å². The maximum Gasteiger partial charge on any atom is 0.436 e. The molecule has 2 heterocycles. The van der Waals surface area contributed by atoms with Crippen molar-refractivity contribution < 1.29 is 21.6 Å². The lowest BCUT2D eigenvalue weighted by molar-refractivity contribution is -0.141. The van der Waals surface area contributed by atoms with Gasteiger partial charge in [0.1, 0.15) is 17.5 Å². The number of halogens is 3. The minimum atomic E-state index is -4.85. The number of rotatable bonds is 5. The molecule has 0 atom stereocenters. The number of nitrogens with one attached hydrogen (secondary N) is 1. The second-order valence-electron chi connectivity index (χ2n) is 6.06. The highest BCUT2D eigenvalue weighted by atomic mass is 32.2. The summed E-state index contributed by atoms with van der Waals surface area (Å²) < 4.78 is 64.1. The summed E-state index contributed by atoms with van der Waals surface area (Å²) in [5.41, 5.74) is -1.16. The molecule has 0 radical (unpaired) electrons. The van der Waals surface area contributed by atoms with Crippen LogP contribution in [-0.2, 0) is 22.6 Å². The Balaban J connectivity index is 2.09. The molecule has 1 N–H and O–H groups in total. The van der Waals surface area contributed by atoms with Gasteiger partial charge in [-0.2, -0.15) is 23.5 Å². The van der Waals surface area contributed by atoms with Gasteiger partial charge in [0.2, 0.25) is 0 Å². The molecule has 3 rings (SSSR count). The summed E-state index contributed by atoms with van der Waals surface area (Å²) in [6, 6.07) is 12.9. The summed E-state index contributed by atoms with van der Waals surface area (Å²) in [6.45, 7) is 0.146. The van der Waals surface area contributed by atoms with Gasteiger partial charge in [0.25, 0.3) is 0 Å². The maximum atomic E-state index is 13.4. The number of nitrogens with zero attached hydrogens (tertiary/aromatic N) is 4. The van der Waals surface area contributed by atoms with E-state index >= 15 is 0 Å². The second kappa shape index (κ2) is 7.56. The van der Waals surface area contributed by atoms with E-state index < -0.39 is 27.3 Å². The first-order valence-corrected chi connectivity index (χ1v) is 10.0. The lowest BCUT2D eigenvalue weighted by Gasteiger charge is -2.10. The lowest BCUT2D eigenvalue weighted by atomic mass is 10.2. The molecule has 0 bridgehead atoms. The molecule has 0 fully saturated rings. The zero-order valence-corrected chi connectivity index (χ0v) is 15.8. The van der Waals surface area contributed by atoms with Crippen molar-refractivity contribution in [3.8, 4) is 11.8 Å². The van der Waals surface area contributed by atoms with Crippen LogP contribution in [-0.4, -0.2) is 29.4 Å². The monoisotopic (exact) mass is 421 g/mol. The molecule has 0 saturated heterocycles. The normalized spacial score (nSPS) is 11.8. The zero-order chi connectivity index (χ0) is 21.2. The molecule has 0 spiro atoms. The van der Waals surface area contributed by atoms with E-state index in [0.29, 0.717) is 0 Å². The van der Waals surface area contributed by atoms with Crippen LogP contribution in [0, 0.1) is 11.3 Å². The van der Waals surface area contributed by atoms with Gasteiger partial charge in [0, 0.05) is 12.8 Å². The number of anilines is 1. The largest absolute Gasteiger partial charge is 0.436 e. The van der Waals surface area contributed by atoms with Gasteiger partial charge >= 0.3 is 6.18 Å². The summed E-state index contributed by atoms with van der Waals surface area (Å²) in [4.78, 5) is 3.77. The number of benzene rings is 1. The van der Waals surface area contributed by atoms with Crippen molar-refractivity contribution in [3.63, 3.8) is 0 Å². The van der Waals surface area contributed by atoms with E-state index in [9.17, 15) is 26.9 Å². The predicted octanol–water partition coefficient (Wildman–Crippen LogP) is 3.17. The lowest BCUT2D eigenvalue weighted by Crippen LogP contribution is -2.09. The molecule has 11 heteroatoms. The standard InChI is InChI=1S/C18H14F3N5O2S/c1-29(27,28)15-8-7-13(11-23-15)26-17(24-10-12-5-3-2-4-6-12)14(9-22)16(25-26)18(19,20)21/h2-8,11,24H,10H2,1H3. The van der Waals surface area contributed by atoms with E-state index in [1.54, 1.807) is 36.4 Å². The number of hydrogen-bond acceptors (Lipinski definition) is 6. The third kappa shape index (κ3) is 4.38. The van der Waals surface area contributed by atoms with Crippen molar-refractivity contribution in [2.45, 2.75) is 17.7 Å². The van der Waals surface area contributed by atoms with Crippen LogP contribution < -0.4 is 5.32 Å². The molecule has 3 aromatic rings. The predicted molar refractivity (Wildman–Crippen MR) is 98.0 cm³/mol. The number of alkyl halides is 3. The van der Waals surface area contributed by atoms with Crippen molar-refractivity contribution >= 4 is 15.7 Å². The molecule has 0 amide bonds. The van der Waals surface area contributed by atoms with Gasteiger partial charge in [-0.15, -0.1) is 0 Å². The molecule has 2 aromatic heterocycles. The molecule has 7 nitrogen and oxygen atoms in total. The number of aromatic nitrogens is 3. The highest BCUT2D eigenvalue weighted by Gasteiger charge is 2.40. The minimum absolute atomic E-state index is 0.0694. The Morgan fingerprint density at radius 1 is 1.17 bits per heavy atom. The summed E-state index contributed by atoms with van der Waals surface area (Å²) in [5, 5.41) is 15.5. The van der Waals surface area contributed by atoms with Crippen molar-refractivity contribution in [2.75, 3.05) is 11.6 Å². The van der Waals surface area contributed by atoms with Gasteiger partial charge < -0.3 is 5.32 Å². The van der Waals surface area contributed by atoms with E-state index in [-0.39, 0.29) is 23.1 Å². The molecule has 29 heavy (non-hydrogen) atoms. The third-order valence-electron chi connectivity index (χ3n) is 3.91. The highest BCUT2D eigenvalue weighted by molar-refractivity contribution is 7.90. The van der Waals surface area contributed by atoms with Crippen LogP contribution in [0.2, 0.25) is 0 Å². The van der Waals surface area contributed by atoms with Crippen molar-refractivity contribution in [1.82, 2.24) is 14.8 Å². The molecule has 0 saturated carbocycles. The third-order valence-corrected chi connectivity index (χ3v) is 4.91. The second-order valence-corrected chi connectivity index (χ2v) is 8.02. The van der Waals surface area contributed by atoms with Crippen LogP contribution in [0.15, 0.2) is 53.7 Å². The summed E-state index contributed by atoms with van der Waals surface area (Å²) in [5.74, 6) is -0.169. The maximum absolute atomic E-state index is 13.4. The van der Waals surface area contributed by atoms with Crippen LogP contribution in [0.3, 0.4) is 0 Å². The van der Waals surface area contributed by atoms with Gasteiger partial charge in [-0.05, 0) is 17.7 Å². The highest BCUT2D eigenvalue weighted by Crippen LogP contribution is 2.35. The van der Waals surface area contributed by atoms with Crippen molar-refractivity contribution in [2.24, 2.45) is 0 Å². The Labute approximate surface area is 164 Å². The average molecular weight is 421 g/mol. The summed E-state index contributed by atoms with van der Waals surface area (Å²) in [6.07, 6.45) is -2.80. The summed E-state index contributed by atoms with van der Waals surface area (Å²) >= 11 is 0. The fourth-order valence-corrected chi connectivity index (χ4v) is 3.13. The molecular weight excluding hydrogens is 407 g/mol. The SMILES string of the molecule is CS(=O)(=O)c1ccc(-n2nc(C(F)(F)F)c(C#N)c2NCc2ccccc2)cn1. The van der Waals surface area contributed by atoms with E-state index in [1.807, 2.05) is 0 Å². The number of sulfone groups is 1. The minimum Gasteiger partial charge on any atom is -0.365 e. The van der Waals surface area contributed by atoms with Crippen LogP contribution in [0.25, 0.3) is 5.69 Å². The number of pyridine rings is 1. The Morgan fingerprint density at radius 3 is 2.38 bits per heavy atom. The number of hydrogen-bond donors (Lipinski definition) is 1. The smallest absolute Gasteiger partial charge is 0.365 e. The first kappa shape index (κ1) is 20.3. The molecule has 0 aliphatic rings. The van der Waals surface area contributed by atoms with Crippen molar-refractivity contribution in [3.05, 3.63) is 65.5 Å². The van der Waals surface area contributed by atoms with E-state index in [1.165, 1.54) is 6.07 Å². The van der Waals surface area contributed by atoms with Crippen LogP contribution in [0.5, 0.6) is 0 Å². The molecule has 0 aliphatic heterocycles. The first-order valence-electron chi connectivity index (χ1n) is 8.16. The molecule has 0 unspecified atom stereocenters. The Bertz CT molecular complexity index is 1170. The van der Waals surface area contributed by atoms with Gasteiger partial charge in [-0.3, -0.25) is 0 Å². The molecular formula is C18H14F3N5O2S. The fourth-order valence-electron chi connectivity index (χ4n) is 2.57. The Kier molecular flexibility index (Phi) is 5.30. The molecule has 150 valence electrons. The Hall–Kier alpha value is -3.39. The fraction of sp³-hybridized carbons (Fsp3) is 0.167. The van der Waals surface area contributed by atoms with Gasteiger partial charge in [0.05, 0.1) is 11.9 Å². The van der Waals surface area contributed by atoms with E-state index in [2.05, 4.69) is 15.4 Å². The molecule has 1 aromatic carbocycles. The van der Waals surface area contributed by atoms with E-state index in [4.69, 9.17) is 0 Å². The Morgan fingerprint density at radius 2 is 1.86 bits per heavy atom. The van der Waals surface area contributed by atoms with Gasteiger partial charge in [-0.1, -0.05) is 30.3 Å². The topological polar surface area (TPSA) is 101 Å². The quantitative estimate of drug-likeness (QED) is 0.679. The zero-order valence-electron chi connectivity index (χ0n) is 15.0. The van der Waals surface area contributed by atoms with Gasteiger partial charge in [0.15, 0.2) is 20.6 Å². The van der Waals surface area contributed by atoms with Crippen LogP contribution in [0.1, 0.15) is 16.8 Å². The van der Waals surface area contributed by atoms with Crippen molar-refractivity contribution in [1.29, 1.82) is 5.26 Å².